The number of rotatable bonds is 3. The van der Waals surface area contributed by atoms with Crippen LogP contribution in [0.3, 0.4) is 0 Å². The molecule has 1 unspecified atom stereocenters. The van der Waals surface area contributed by atoms with E-state index in [-0.39, 0.29) is 30.6 Å². The number of amides is 3. The van der Waals surface area contributed by atoms with Crippen molar-refractivity contribution in [2.24, 2.45) is 0 Å². The zero-order chi connectivity index (χ0) is 21.7. The Hall–Kier alpha value is -3.88. The summed E-state index contributed by atoms with van der Waals surface area (Å²) in [6.07, 6.45) is 2.19. The number of carbonyl (C=O) groups is 3. The molecule has 2 aliphatic rings. The molecule has 8 nitrogen and oxygen atoms in total. The number of nitrogens with zero attached hydrogens (tertiary/aromatic N) is 4. The fourth-order valence-corrected chi connectivity index (χ4v) is 4.17. The number of piperidine rings is 1. The van der Waals surface area contributed by atoms with Crippen molar-refractivity contribution in [2.45, 2.75) is 32.4 Å². The molecule has 1 fully saturated rings. The molecule has 9 heteroatoms. The van der Waals surface area contributed by atoms with Gasteiger partial charge in [0.05, 0.1) is 11.9 Å². The molecule has 156 valence electrons. The van der Waals surface area contributed by atoms with Crippen molar-refractivity contribution < 1.29 is 18.8 Å². The molecule has 5 rings (SSSR count). The van der Waals surface area contributed by atoms with Crippen LogP contribution in [-0.2, 0) is 16.1 Å². The number of hydrogen-bond acceptors (Lipinski definition) is 5. The van der Waals surface area contributed by atoms with E-state index >= 15 is 0 Å². The van der Waals surface area contributed by atoms with Crippen molar-refractivity contribution in [1.82, 2.24) is 25.2 Å². The Balaban J connectivity index is 1.49. The minimum atomic E-state index is -0.688. The van der Waals surface area contributed by atoms with E-state index in [1.165, 1.54) is 11.0 Å². The second-order valence-corrected chi connectivity index (χ2v) is 7.66. The lowest BCUT2D eigenvalue weighted by Crippen LogP contribution is -2.52. The summed E-state index contributed by atoms with van der Waals surface area (Å²) >= 11 is 0. The van der Waals surface area contributed by atoms with Crippen molar-refractivity contribution in [3.63, 3.8) is 0 Å². The molecule has 1 atom stereocenters. The van der Waals surface area contributed by atoms with Gasteiger partial charge in [-0.2, -0.15) is 0 Å². The summed E-state index contributed by atoms with van der Waals surface area (Å²) in [6, 6.07) is 9.37. The van der Waals surface area contributed by atoms with Crippen molar-refractivity contribution >= 4 is 17.7 Å². The second-order valence-electron chi connectivity index (χ2n) is 7.66. The Morgan fingerprint density at radius 1 is 1.10 bits per heavy atom. The smallest absolute Gasteiger partial charge is 0.255 e. The predicted molar refractivity (Wildman–Crippen MR) is 108 cm³/mol. The van der Waals surface area contributed by atoms with Gasteiger partial charge in [-0.15, -0.1) is 5.10 Å². The molecular weight excluding hydrogens is 401 g/mol. The fraction of sp³-hybridized carbons (Fsp3) is 0.227. The molecule has 1 N–H and O–H groups in total. The molecule has 2 aliphatic heterocycles. The van der Waals surface area contributed by atoms with E-state index < -0.39 is 11.9 Å². The minimum Gasteiger partial charge on any atom is -0.322 e. The maximum Gasteiger partial charge on any atom is 0.255 e. The van der Waals surface area contributed by atoms with Crippen molar-refractivity contribution in [1.29, 1.82) is 0 Å². The van der Waals surface area contributed by atoms with Crippen molar-refractivity contribution in [3.8, 4) is 16.9 Å². The molecule has 0 bridgehead atoms. The van der Waals surface area contributed by atoms with E-state index in [2.05, 4.69) is 15.6 Å². The van der Waals surface area contributed by atoms with Gasteiger partial charge in [-0.25, -0.2) is 9.07 Å². The quantitative estimate of drug-likeness (QED) is 0.656. The summed E-state index contributed by atoms with van der Waals surface area (Å²) in [4.78, 5) is 38.2. The van der Waals surface area contributed by atoms with E-state index in [4.69, 9.17) is 0 Å². The van der Waals surface area contributed by atoms with E-state index in [9.17, 15) is 18.8 Å². The topological polar surface area (TPSA) is 97.2 Å². The van der Waals surface area contributed by atoms with Crippen LogP contribution < -0.4 is 5.32 Å². The third-order valence-corrected chi connectivity index (χ3v) is 5.84. The Kier molecular flexibility index (Phi) is 4.39. The maximum atomic E-state index is 13.9. The second kappa shape index (κ2) is 7.12. The average molecular weight is 419 g/mol. The molecule has 31 heavy (non-hydrogen) atoms. The molecular formula is C22H18FN5O3. The van der Waals surface area contributed by atoms with Gasteiger partial charge in [0.15, 0.2) is 0 Å². The first kappa shape index (κ1) is 19.1. The van der Waals surface area contributed by atoms with E-state index in [0.29, 0.717) is 34.5 Å². The highest BCUT2D eigenvalue weighted by Crippen LogP contribution is 2.32. The van der Waals surface area contributed by atoms with Crippen LogP contribution in [-0.4, -0.2) is 43.7 Å². The Bertz CT molecular complexity index is 1250. The molecule has 3 heterocycles. The van der Waals surface area contributed by atoms with E-state index in [0.717, 1.165) is 5.56 Å². The number of imide groups is 1. The number of nitrogens with one attached hydrogen (secondary N) is 1. The molecule has 0 radical (unpaired) electrons. The molecule has 0 aliphatic carbocycles. The van der Waals surface area contributed by atoms with Crippen LogP contribution in [0, 0.1) is 12.7 Å². The maximum absolute atomic E-state index is 13.9. The normalized spacial score (nSPS) is 18.3. The lowest BCUT2D eigenvalue weighted by molar-refractivity contribution is -0.136. The summed E-state index contributed by atoms with van der Waals surface area (Å²) in [7, 11) is 0. The fourth-order valence-electron chi connectivity index (χ4n) is 4.17. The van der Waals surface area contributed by atoms with E-state index in [1.54, 1.807) is 42.1 Å². The first-order chi connectivity index (χ1) is 14.9. The van der Waals surface area contributed by atoms with Crippen LogP contribution in [0.15, 0.2) is 42.6 Å². The Labute approximate surface area is 176 Å². The Morgan fingerprint density at radius 2 is 1.87 bits per heavy atom. The summed E-state index contributed by atoms with van der Waals surface area (Å²) in [6.45, 7) is 1.91. The molecule has 1 saturated heterocycles. The first-order valence-electron chi connectivity index (χ1n) is 9.89. The zero-order valence-electron chi connectivity index (χ0n) is 16.6. The van der Waals surface area contributed by atoms with Gasteiger partial charge < -0.3 is 4.90 Å². The zero-order valence-corrected chi connectivity index (χ0v) is 16.6. The number of fused-ring (bicyclic) bond motifs is 1. The Morgan fingerprint density at radius 3 is 2.68 bits per heavy atom. The van der Waals surface area contributed by atoms with Gasteiger partial charge in [-0.3, -0.25) is 19.7 Å². The van der Waals surface area contributed by atoms with Crippen LogP contribution in [0.4, 0.5) is 4.39 Å². The SMILES string of the molecule is Cc1c(F)cccc1-c1cn(-c2cccc3c2CN(C2CCC(=O)NC2=O)C3=O)nn1. The van der Waals surface area contributed by atoms with Gasteiger partial charge in [0.25, 0.3) is 5.91 Å². The van der Waals surface area contributed by atoms with Gasteiger partial charge in [-0.1, -0.05) is 23.4 Å². The summed E-state index contributed by atoms with van der Waals surface area (Å²) in [5.74, 6) is -1.36. The molecule has 3 amide bonds. The van der Waals surface area contributed by atoms with Gasteiger partial charge in [0, 0.05) is 29.7 Å². The largest absolute Gasteiger partial charge is 0.322 e. The lowest BCUT2D eigenvalue weighted by Gasteiger charge is -2.29. The van der Waals surface area contributed by atoms with Crippen LogP contribution >= 0.6 is 0 Å². The van der Waals surface area contributed by atoms with Gasteiger partial charge >= 0.3 is 0 Å². The van der Waals surface area contributed by atoms with Gasteiger partial charge in [0.2, 0.25) is 11.8 Å². The molecule has 0 saturated carbocycles. The molecule has 0 spiro atoms. The average Bonchev–Trinajstić information content (AvgIpc) is 3.36. The third kappa shape index (κ3) is 3.09. The number of hydrogen-bond donors (Lipinski definition) is 1. The predicted octanol–water partition coefficient (Wildman–Crippen LogP) is 2.14. The van der Waals surface area contributed by atoms with Crippen LogP contribution in [0.25, 0.3) is 16.9 Å². The molecule has 1 aromatic heterocycles. The molecule has 3 aromatic rings. The van der Waals surface area contributed by atoms with Gasteiger partial charge in [-0.05, 0) is 37.1 Å². The van der Waals surface area contributed by atoms with Crippen LogP contribution in [0.5, 0.6) is 0 Å². The third-order valence-electron chi connectivity index (χ3n) is 5.84. The van der Waals surface area contributed by atoms with Crippen molar-refractivity contribution in [3.05, 3.63) is 65.1 Å². The van der Waals surface area contributed by atoms with E-state index in [1.807, 2.05) is 6.07 Å². The highest BCUT2D eigenvalue weighted by Gasteiger charge is 2.40. The molecule has 2 aromatic carbocycles. The number of benzene rings is 2. The van der Waals surface area contributed by atoms with Crippen LogP contribution in [0.2, 0.25) is 0 Å². The standard InChI is InChI=1S/C22H18FN5O3/c1-12-13(4-2-6-16(12)23)17-11-28(26-25-17)18-7-3-5-14-15(18)10-27(22(14)31)19-8-9-20(29)24-21(19)30/h2-7,11,19H,8-10H2,1H3,(H,24,29,30). The summed E-state index contributed by atoms with van der Waals surface area (Å²) in [5, 5.41) is 10.7. The lowest BCUT2D eigenvalue weighted by atomic mass is 10.0. The van der Waals surface area contributed by atoms with Crippen molar-refractivity contribution in [2.75, 3.05) is 0 Å². The monoisotopic (exact) mass is 419 g/mol. The van der Waals surface area contributed by atoms with Crippen LogP contribution in [0.1, 0.15) is 34.3 Å². The first-order valence-corrected chi connectivity index (χ1v) is 9.89. The number of aromatic nitrogens is 3. The highest BCUT2D eigenvalue weighted by molar-refractivity contribution is 6.05. The number of carbonyl (C=O) groups excluding carboxylic acids is 3. The highest BCUT2D eigenvalue weighted by atomic mass is 19.1. The minimum absolute atomic E-state index is 0.197. The number of halogens is 1. The summed E-state index contributed by atoms with van der Waals surface area (Å²) < 4.78 is 15.5. The summed E-state index contributed by atoms with van der Waals surface area (Å²) in [5.41, 5.74) is 3.51. The van der Waals surface area contributed by atoms with Gasteiger partial charge in [0.1, 0.15) is 17.6 Å².